The van der Waals surface area contributed by atoms with Crippen molar-refractivity contribution in [2.24, 2.45) is 0 Å². The lowest BCUT2D eigenvalue weighted by Gasteiger charge is -2.22. The van der Waals surface area contributed by atoms with Gasteiger partial charge in [-0.05, 0) is 43.7 Å². The molecule has 1 aliphatic heterocycles. The van der Waals surface area contributed by atoms with Crippen molar-refractivity contribution in [3.63, 3.8) is 0 Å². The summed E-state index contributed by atoms with van der Waals surface area (Å²) >= 11 is 5.86. The molecular weight excluding hydrogens is 304 g/mol. The zero-order valence-electron chi connectivity index (χ0n) is 11.9. The van der Waals surface area contributed by atoms with Crippen molar-refractivity contribution in [3.05, 3.63) is 41.2 Å². The third kappa shape index (κ3) is 3.23. The standard InChI is InChI=1S/C15H17ClN4O2/c16-10-3-4-14(21)13(8-10)18-15(22)12-5-7-20(19-12)11-2-1-6-17-9-11/h3-5,7-8,11,17,21H,1-2,6,9H2,(H,18,22). The number of hydrogen-bond acceptors (Lipinski definition) is 4. The van der Waals surface area contributed by atoms with E-state index in [0.29, 0.717) is 10.7 Å². The second-order valence-electron chi connectivity index (χ2n) is 5.30. The van der Waals surface area contributed by atoms with E-state index in [-0.39, 0.29) is 23.4 Å². The Kier molecular flexibility index (Phi) is 4.31. The fourth-order valence-electron chi connectivity index (χ4n) is 2.52. The van der Waals surface area contributed by atoms with Crippen LogP contribution < -0.4 is 10.6 Å². The summed E-state index contributed by atoms with van der Waals surface area (Å²) in [6.45, 7) is 1.89. The SMILES string of the molecule is O=C(Nc1cc(Cl)ccc1O)c1ccn(C2CCCNC2)n1. The van der Waals surface area contributed by atoms with Crippen molar-refractivity contribution in [2.75, 3.05) is 18.4 Å². The molecule has 1 aromatic heterocycles. The molecule has 1 saturated heterocycles. The van der Waals surface area contributed by atoms with E-state index in [9.17, 15) is 9.90 Å². The van der Waals surface area contributed by atoms with Gasteiger partial charge in [0.2, 0.25) is 0 Å². The number of carbonyl (C=O) groups is 1. The third-order valence-electron chi connectivity index (χ3n) is 3.69. The van der Waals surface area contributed by atoms with Crippen LogP contribution in [0.4, 0.5) is 5.69 Å². The number of aromatic nitrogens is 2. The van der Waals surface area contributed by atoms with Gasteiger partial charge in [0.15, 0.2) is 5.69 Å². The molecule has 3 rings (SSSR count). The molecule has 0 aliphatic carbocycles. The molecule has 2 heterocycles. The van der Waals surface area contributed by atoms with Crippen molar-refractivity contribution in [1.82, 2.24) is 15.1 Å². The predicted molar refractivity (Wildman–Crippen MR) is 84.4 cm³/mol. The van der Waals surface area contributed by atoms with Crippen molar-refractivity contribution in [3.8, 4) is 5.75 Å². The number of aromatic hydroxyl groups is 1. The number of anilines is 1. The molecule has 1 fully saturated rings. The largest absolute Gasteiger partial charge is 0.506 e. The summed E-state index contributed by atoms with van der Waals surface area (Å²) in [6.07, 6.45) is 3.96. The molecule has 0 saturated carbocycles. The summed E-state index contributed by atoms with van der Waals surface area (Å²) in [7, 11) is 0. The monoisotopic (exact) mass is 320 g/mol. The van der Waals surface area contributed by atoms with Crippen LogP contribution in [0, 0.1) is 0 Å². The van der Waals surface area contributed by atoms with Gasteiger partial charge in [-0.25, -0.2) is 0 Å². The molecule has 6 nitrogen and oxygen atoms in total. The zero-order chi connectivity index (χ0) is 15.5. The smallest absolute Gasteiger partial charge is 0.276 e. The summed E-state index contributed by atoms with van der Waals surface area (Å²) in [5.74, 6) is -0.409. The van der Waals surface area contributed by atoms with E-state index >= 15 is 0 Å². The lowest BCUT2D eigenvalue weighted by Crippen LogP contribution is -2.32. The third-order valence-corrected chi connectivity index (χ3v) is 3.93. The first-order valence-electron chi connectivity index (χ1n) is 7.19. The van der Waals surface area contributed by atoms with Crippen LogP contribution in [0.25, 0.3) is 0 Å². The van der Waals surface area contributed by atoms with E-state index in [1.807, 2.05) is 10.9 Å². The maximum absolute atomic E-state index is 12.2. The highest BCUT2D eigenvalue weighted by atomic mass is 35.5. The molecule has 1 unspecified atom stereocenters. The van der Waals surface area contributed by atoms with Gasteiger partial charge >= 0.3 is 0 Å². The number of carbonyl (C=O) groups excluding carboxylic acids is 1. The Balaban J connectivity index is 1.72. The molecular formula is C15H17ClN4O2. The molecule has 0 bridgehead atoms. The number of nitrogens with one attached hydrogen (secondary N) is 2. The quantitative estimate of drug-likeness (QED) is 0.759. The molecule has 0 radical (unpaired) electrons. The molecule has 1 amide bonds. The minimum Gasteiger partial charge on any atom is -0.506 e. The maximum atomic E-state index is 12.2. The molecule has 7 heteroatoms. The van der Waals surface area contributed by atoms with Gasteiger partial charge in [-0.1, -0.05) is 11.6 Å². The minimum atomic E-state index is -0.375. The molecule has 0 spiro atoms. The van der Waals surface area contributed by atoms with Gasteiger partial charge in [-0.15, -0.1) is 0 Å². The average molecular weight is 321 g/mol. The van der Waals surface area contributed by atoms with E-state index in [0.717, 1.165) is 25.9 Å². The number of halogens is 1. The Bertz CT molecular complexity index is 680. The number of benzene rings is 1. The number of rotatable bonds is 3. The van der Waals surface area contributed by atoms with Crippen LogP contribution in [0.1, 0.15) is 29.4 Å². The van der Waals surface area contributed by atoms with E-state index in [1.165, 1.54) is 12.1 Å². The Labute approximate surface area is 133 Å². The highest BCUT2D eigenvalue weighted by Gasteiger charge is 2.18. The van der Waals surface area contributed by atoms with Crippen LogP contribution in [-0.4, -0.2) is 33.9 Å². The summed E-state index contributed by atoms with van der Waals surface area (Å²) < 4.78 is 1.82. The summed E-state index contributed by atoms with van der Waals surface area (Å²) in [5.41, 5.74) is 0.580. The van der Waals surface area contributed by atoms with E-state index in [2.05, 4.69) is 15.7 Å². The Morgan fingerprint density at radius 3 is 3.09 bits per heavy atom. The number of amides is 1. The summed E-state index contributed by atoms with van der Waals surface area (Å²) in [5, 5.41) is 20.4. The highest BCUT2D eigenvalue weighted by molar-refractivity contribution is 6.31. The molecule has 3 N–H and O–H groups in total. The first-order valence-corrected chi connectivity index (χ1v) is 7.57. The topological polar surface area (TPSA) is 79.2 Å². The van der Waals surface area contributed by atoms with Crippen molar-refractivity contribution >= 4 is 23.2 Å². The van der Waals surface area contributed by atoms with Crippen LogP contribution in [-0.2, 0) is 0 Å². The van der Waals surface area contributed by atoms with Crippen LogP contribution >= 0.6 is 11.6 Å². The number of nitrogens with zero attached hydrogens (tertiary/aromatic N) is 2. The molecule has 22 heavy (non-hydrogen) atoms. The zero-order valence-corrected chi connectivity index (χ0v) is 12.7. The first kappa shape index (κ1) is 14.9. The van der Waals surface area contributed by atoms with Crippen molar-refractivity contribution in [2.45, 2.75) is 18.9 Å². The molecule has 116 valence electrons. The normalized spacial score (nSPS) is 18.1. The number of phenols is 1. The lowest BCUT2D eigenvalue weighted by atomic mass is 10.1. The maximum Gasteiger partial charge on any atom is 0.276 e. The van der Waals surface area contributed by atoms with Crippen LogP contribution in [0.3, 0.4) is 0 Å². The summed E-state index contributed by atoms with van der Waals surface area (Å²) in [4.78, 5) is 12.2. The second kappa shape index (κ2) is 6.37. The molecule has 1 aliphatic rings. The van der Waals surface area contributed by atoms with Gasteiger partial charge in [0.25, 0.3) is 5.91 Å². The molecule has 1 aromatic carbocycles. The Morgan fingerprint density at radius 1 is 1.45 bits per heavy atom. The van der Waals surface area contributed by atoms with Crippen LogP contribution in [0.5, 0.6) is 5.75 Å². The van der Waals surface area contributed by atoms with Gasteiger partial charge in [-0.2, -0.15) is 5.10 Å². The number of hydrogen-bond donors (Lipinski definition) is 3. The minimum absolute atomic E-state index is 0.0336. The Hall–Kier alpha value is -2.05. The van der Waals surface area contributed by atoms with E-state index < -0.39 is 0 Å². The van der Waals surface area contributed by atoms with Gasteiger partial charge < -0.3 is 15.7 Å². The van der Waals surface area contributed by atoms with Gasteiger partial charge in [0.05, 0.1) is 11.7 Å². The van der Waals surface area contributed by atoms with Crippen molar-refractivity contribution < 1.29 is 9.90 Å². The lowest BCUT2D eigenvalue weighted by molar-refractivity contribution is 0.102. The van der Waals surface area contributed by atoms with Crippen LogP contribution in [0.2, 0.25) is 5.02 Å². The Morgan fingerprint density at radius 2 is 2.32 bits per heavy atom. The number of piperidine rings is 1. The average Bonchev–Trinajstić information content (AvgIpc) is 3.02. The second-order valence-corrected chi connectivity index (χ2v) is 5.73. The van der Waals surface area contributed by atoms with E-state index in [4.69, 9.17) is 11.6 Å². The highest BCUT2D eigenvalue weighted by Crippen LogP contribution is 2.27. The molecule has 2 aromatic rings. The van der Waals surface area contributed by atoms with Crippen LogP contribution in [0.15, 0.2) is 30.5 Å². The van der Waals surface area contributed by atoms with Gasteiger partial charge in [0.1, 0.15) is 5.75 Å². The fraction of sp³-hybridized carbons (Fsp3) is 0.333. The fourth-order valence-corrected chi connectivity index (χ4v) is 2.69. The molecule has 1 atom stereocenters. The van der Waals surface area contributed by atoms with Gasteiger partial charge in [-0.3, -0.25) is 9.48 Å². The predicted octanol–water partition coefficient (Wildman–Crippen LogP) is 2.42. The van der Waals surface area contributed by atoms with Crippen molar-refractivity contribution in [1.29, 1.82) is 0 Å². The summed E-state index contributed by atoms with van der Waals surface area (Å²) in [6, 6.07) is 6.43. The number of phenolic OH excluding ortho intramolecular Hbond substituents is 1. The van der Waals surface area contributed by atoms with Gasteiger partial charge in [0, 0.05) is 17.8 Å². The van der Waals surface area contributed by atoms with E-state index in [1.54, 1.807) is 12.1 Å². The first-order chi connectivity index (χ1) is 10.6.